The van der Waals surface area contributed by atoms with E-state index in [9.17, 15) is 27.6 Å². The number of alkyl halides is 3. The number of hydrogen-bond acceptors (Lipinski definition) is 3. The first-order chi connectivity index (χ1) is 15.7. The maximum absolute atomic E-state index is 13.3. The molecular weight excluding hydrogens is 435 g/mol. The van der Waals surface area contributed by atoms with Crippen LogP contribution >= 0.6 is 0 Å². The summed E-state index contributed by atoms with van der Waals surface area (Å²) in [6, 6.07) is 5.06. The summed E-state index contributed by atoms with van der Waals surface area (Å²) >= 11 is 0. The number of ketones is 1. The molecule has 4 rings (SSSR count). The van der Waals surface area contributed by atoms with Crippen molar-refractivity contribution in [3.05, 3.63) is 35.4 Å². The minimum atomic E-state index is -4.40. The second kappa shape index (κ2) is 9.35. The fourth-order valence-electron chi connectivity index (χ4n) is 5.78. The van der Waals surface area contributed by atoms with Crippen LogP contribution in [-0.2, 0) is 15.8 Å². The van der Waals surface area contributed by atoms with Crippen molar-refractivity contribution in [2.75, 3.05) is 26.2 Å². The Morgan fingerprint density at radius 3 is 2.24 bits per heavy atom. The largest absolute Gasteiger partial charge is 0.416 e. The summed E-state index contributed by atoms with van der Waals surface area (Å²) in [5, 5.41) is 3.05. The van der Waals surface area contributed by atoms with Gasteiger partial charge in [-0.3, -0.25) is 9.59 Å². The number of benzene rings is 1. The minimum absolute atomic E-state index is 0.00150. The van der Waals surface area contributed by atoms with Crippen LogP contribution in [0.4, 0.5) is 18.0 Å². The Hall–Kier alpha value is -2.58. The number of urea groups is 1. The van der Waals surface area contributed by atoms with E-state index in [1.54, 1.807) is 9.80 Å². The van der Waals surface area contributed by atoms with Gasteiger partial charge >= 0.3 is 12.2 Å². The third-order valence-corrected chi connectivity index (χ3v) is 7.65. The number of nitrogens with one attached hydrogen (secondary N) is 1. The zero-order valence-electron chi connectivity index (χ0n) is 18.6. The van der Waals surface area contributed by atoms with Crippen LogP contribution in [0.1, 0.15) is 62.0 Å². The van der Waals surface area contributed by atoms with E-state index in [4.69, 9.17) is 0 Å². The van der Waals surface area contributed by atoms with Crippen molar-refractivity contribution in [2.45, 2.75) is 62.6 Å². The molecule has 2 atom stereocenters. The summed E-state index contributed by atoms with van der Waals surface area (Å²) in [7, 11) is 0. The Kier molecular flexibility index (Phi) is 6.68. The molecule has 180 valence electrons. The van der Waals surface area contributed by atoms with Crippen LogP contribution < -0.4 is 5.32 Å². The number of halogens is 3. The van der Waals surface area contributed by atoms with Crippen LogP contribution in [0.2, 0.25) is 0 Å². The predicted octanol–water partition coefficient (Wildman–Crippen LogP) is 3.95. The second-order valence-electron chi connectivity index (χ2n) is 9.59. The molecule has 3 aliphatic rings. The highest BCUT2D eigenvalue weighted by Crippen LogP contribution is 2.44. The fourth-order valence-corrected chi connectivity index (χ4v) is 5.78. The Morgan fingerprint density at radius 1 is 1.03 bits per heavy atom. The molecule has 2 aliphatic heterocycles. The molecule has 6 nitrogen and oxygen atoms in total. The predicted molar refractivity (Wildman–Crippen MR) is 115 cm³/mol. The van der Waals surface area contributed by atoms with Crippen molar-refractivity contribution >= 4 is 18.2 Å². The number of likely N-dealkylation sites (tertiary alicyclic amines) is 2. The van der Waals surface area contributed by atoms with Gasteiger partial charge in [-0.2, -0.15) is 13.2 Å². The highest BCUT2D eigenvalue weighted by molar-refractivity contribution is 5.83. The van der Waals surface area contributed by atoms with Crippen molar-refractivity contribution in [3.63, 3.8) is 0 Å². The molecule has 1 saturated carbocycles. The molecule has 2 heterocycles. The lowest BCUT2D eigenvalue weighted by Crippen LogP contribution is -2.58. The molecule has 1 N–H and O–H groups in total. The van der Waals surface area contributed by atoms with Gasteiger partial charge < -0.3 is 15.1 Å². The highest BCUT2D eigenvalue weighted by atomic mass is 19.4. The third kappa shape index (κ3) is 5.01. The SMILES string of the molecule is O=CNC1(C2CC(c3ccc(C(F)(F)F)cc3)CN(C(=O)N3CCC(=O)CC3)C2)CCCC1. The molecule has 1 aliphatic carbocycles. The van der Waals surface area contributed by atoms with Crippen LogP contribution in [-0.4, -0.2) is 59.7 Å². The lowest BCUT2D eigenvalue weighted by molar-refractivity contribution is -0.137. The smallest absolute Gasteiger partial charge is 0.353 e. The summed E-state index contributed by atoms with van der Waals surface area (Å²) < 4.78 is 39.1. The number of Topliss-reactive ketones (excluding diaryl/α,β-unsaturated/α-hetero) is 1. The molecule has 0 bridgehead atoms. The molecule has 33 heavy (non-hydrogen) atoms. The molecule has 2 saturated heterocycles. The normalized spacial score (nSPS) is 25.7. The van der Waals surface area contributed by atoms with Gasteiger partial charge in [-0.05, 0) is 37.0 Å². The third-order valence-electron chi connectivity index (χ3n) is 7.65. The van der Waals surface area contributed by atoms with Crippen LogP contribution in [0.25, 0.3) is 0 Å². The Morgan fingerprint density at radius 2 is 1.67 bits per heavy atom. The number of carbonyl (C=O) groups is 3. The zero-order chi connectivity index (χ0) is 23.6. The first kappa shape index (κ1) is 23.6. The summed E-state index contributed by atoms with van der Waals surface area (Å²) in [6.07, 6.45) is 1.36. The standard InChI is InChI=1S/C24H30F3N3O3/c25-24(26,27)19-5-3-17(4-6-19)18-13-20(23(28-16-31)9-1-2-10-23)15-30(14-18)22(33)29-11-7-21(32)8-12-29/h3-6,16,18,20H,1-2,7-15H2,(H,28,31). The number of carbonyl (C=O) groups excluding carboxylic acids is 3. The van der Waals surface area contributed by atoms with E-state index in [1.165, 1.54) is 12.1 Å². The van der Waals surface area contributed by atoms with E-state index in [1.807, 2.05) is 0 Å². The second-order valence-corrected chi connectivity index (χ2v) is 9.59. The van der Waals surface area contributed by atoms with Gasteiger partial charge in [-0.25, -0.2) is 4.79 Å². The van der Waals surface area contributed by atoms with Crippen molar-refractivity contribution in [2.24, 2.45) is 5.92 Å². The van der Waals surface area contributed by atoms with Gasteiger partial charge in [-0.15, -0.1) is 0 Å². The topological polar surface area (TPSA) is 69.7 Å². The van der Waals surface area contributed by atoms with Crippen LogP contribution in [0, 0.1) is 5.92 Å². The van der Waals surface area contributed by atoms with E-state index >= 15 is 0 Å². The first-order valence-corrected chi connectivity index (χ1v) is 11.7. The summed E-state index contributed by atoms with van der Waals surface area (Å²) in [4.78, 5) is 39.9. The van der Waals surface area contributed by atoms with Gasteiger partial charge in [0, 0.05) is 56.4 Å². The number of hydrogen-bond donors (Lipinski definition) is 1. The van der Waals surface area contributed by atoms with Crippen molar-refractivity contribution < 1.29 is 27.6 Å². The van der Waals surface area contributed by atoms with Crippen molar-refractivity contribution in [1.82, 2.24) is 15.1 Å². The zero-order valence-corrected chi connectivity index (χ0v) is 18.6. The van der Waals surface area contributed by atoms with Crippen LogP contribution in [0.3, 0.4) is 0 Å². The van der Waals surface area contributed by atoms with Gasteiger partial charge in [0.05, 0.1) is 5.56 Å². The molecule has 1 aromatic rings. The quantitative estimate of drug-likeness (QED) is 0.685. The van der Waals surface area contributed by atoms with Crippen molar-refractivity contribution in [3.8, 4) is 0 Å². The number of amides is 3. The number of rotatable bonds is 4. The van der Waals surface area contributed by atoms with E-state index in [2.05, 4.69) is 5.32 Å². The Labute approximate surface area is 191 Å². The summed E-state index contributed by atoms with van der Waals surface area (Å²) in [5.74, 6) is 0.0206. The summed E-state index contributed by atoms with van der Waals surface area (Å²) in [5.41, 5.74) is -0.332. The van der Waals surface area contributed by atoms with Crippen molar-refractivity contribution in [1.29, 1.82) is 0 Å². The van der Waals surface area contributed by atoms with Gasteiger partial charge in [0.1, 0.15) is 5.78 Å². The van der Waals surface area contributed by atoms with E-state index in [0.29, 0.717) is 45.4 Å². The lowest BCUT2D eigenvalue weighted by atomic mass is 9.73. The van der Waals surface area contributed by atoms with Gasteiger partial charge in [0.15, 0.2) is 0 Å². The molecule has 3 amide bonds. The van der Waals surface area contributed by atoms with Crippen LogP contribution in [0.15, 0.2) is 24.3 Å². The lowest BCUT2D eigenvalue weighted by Gasteiger charge is -2.47. The number of nitrogens with zero attached hydrogens (tertiary/aromatic N) is 2. The average molecular weight is 466 g/mol. The monoisotopic (exact) mass is 465 g/mol. The molecule has 9 heteroatoms. The van der Waals surface area contributed by atoms with Gasteiger partial charge in [-0.1, -0.05) is 25.0 Å². The molecule has 2 unspecified atom stereocenters. The fraction of sp³-hybridized carbons (Fsp3) is 0.625. The average Bonchev–Trinajstić information content (AvgIpc) is 3.28. The molecule has 0 radical (unpaired) electrons. The maximum atomic E-state index is 13.3. The highest BCUT2D eigenvalue weighted by Gasteiger charge is 2.46. The molecular formula is C24H30F3N3O3. The van der Waals surface area contributed by atoms with Gasteiger partial charge in [0.2, 0.25) is 6.41 Å². The summed E-state index contributed by atoms with van der Waals surface area (Å²) in [6.45, 7) is 1.67. The van der Waals surface area contributed by atoms with E-state index in [0.717, 1.165) is 49.8 Å². The maximum Gasteiger partial charge on any atom is 0.416 e. The number of piperidine rings is 2. The van der Waals surface area contributed by atoms with Crippen LogP contribution in [0.5, 0.6) is 0 Å². The van der Waals surface area contributed by atoms with Gasteiger partial charge in [0.25, 0.3) is 0 Å². The molecule has 0 spiro atoms. The molecule has 1 aromatic carbocycles. The first-order valence-electron chi connectivity index (χ1n) is 11.7. The Bertz CT molecular complexity index is 871. The van der Waals surface area contributed by atoms with E-state index in [-0.39, 0.29) is 23.7 Å². The molecule has 0 aromatic heterocycles. The Balaban J connectivity index is 1.60. The minimum Gasteiger partial charge on any atom is -0.353 e. The molecule has 3 fully saturated rings. The van der Waals surface area contributed by atoms with E-state index < -0.39 is 17.3 Å².